The summed E-state index contributed by atoms with van der Waals surface area (Å²) >= 11 is 1.83. The van der Waals surface area contributed by atoms with E-state index in [9.17, 15) is 0 Å². The summed E-state index contributed by atoms with van der Waals surface area (Å²) in [7, 11) is 3.79. The van der Waals surface area contributed by atoms with Crippen LogP contribution in [-0.2, 0) is 4.74 Å². The van der Waals surface area contributed by atoms with Gasteiger partial charge in [-0.2, -0.15) is 0 Å². The van der Waals surface area contributed by atoms with Crippen LogP contribution in [-0.4, -0.2) is 38.8 Å². The van der Waals surface area contributed by atoms with Gasteiger partial charge in [-0.1, -0.05) is 0 Å². The number of aryl methyl sites for hydroxylation is 1. The molecular weight excluding hydrogens is 258 g/mol. The number of anilines is 1. The van der Waals surface area contributed by atoms with Crippen molar-refractivity contribution in [3.63, 3.8) is 0 Å². The van der Waals surface area contributed by atoms with E-state index in [1.165, 1.54) is 28.5 Å². The van der Waals surface area contributed by atoms with Crippen molar-refractivity contribution in [1.82, 2.24) is 10.3 Å². The van der Waals surface area contributed by atoms with E-state index in [1.807, 2.05) is 18.4 Å². The standard InChI is InChI=1S/C14H25N3OS/c1-10(15-3)13-11(2)16-14(19-13)17-7-5-12(6-8-17)9-18-4/h10,12,15H,5-9H2,1-4H3. The molecule has 0 aliphatic carbocycles. The molecule has 0 amide bonds. The van der Waals surface area contributed by atoms with Crippen molar-refractivity contribution in [2.24, 2.45) is 5.92 Å². The van der Waals surface area contributed by atoms with Gasteiger partial charge in [0, 0.05) is 37.7 Å². The van der Waals surface area contributed by atoms with Crippen LogP contribution in [0.1, 0.15) is 36.4 Å². The number of hydrogen-bond acceptors (Lipinski definition) is 5. The van der Waals surface area contributed by atoms with E-state index in [0.717, 1.165) is 25.6 Å². The molecule has 1 aromatic rings. The van der Waals surface area contributed by atoms with Crippen molar-refractivity contribution in [1.29, 1.82) is 0 Å². The van der Waals surface area contributed by atoms with E-state index in [2.05, 4.69) is 24.1 Å². The lowest BCUT2D eigenvalue weighted by Crippen LogP contribution is -2.34. The Morgan fingerprint density at radius 2 is 2.16 bits per heavy atom. The van der Waals surface area contributed by atoms with Crippen LogP contribution < -0.4 is 10.2 Å². The van der Waals surface area contributed by atoms with Gasteiger partial charge in [0.2, 0.25) is 0 Å². The first-order valence-corrected chi connectivity index (χ1v) is 7.85. The van der Waals surface area contributed by atoms with E-state index in [1.54, 1.807) is 7.11 Å². The van der Waals surface area contributed by atoms with Gasteiger partial charge in [0.05, 0.1) is 5.69 Å². The van der Waals surface area contributed by atoms with Gasteiger partial charge < -0.3 is 15.0 Å². The zero-order valence-corrected chi connectivity index (χ0v) is 13.2. The average Bonchev–Trinajstić information content (AvgIpc) is 2.81. The van der Waals surface area contributed by atoms with Gasteiger partial charge in [0.1, 0.15) is 0 Å². The summed E-state index contributed by atoms with van der Waals surface area (Å²) in [6.07, 6.45) is 2.42. The lowest BCUT2D eigenvalue weighted by atomic mass is 9.98. The molecule has 0 aromatic carbocycles. The summed E-state index contributed by atoms with van der Waals surface area (Å²) < 4.78 is 5.25. The molecule has 2 rings (SSSR count). The molecule has 1 saturated heterocycles. The first kappa shape index (κ1) is 14.8. The Bertz CT molecular complexity index is 399. The topological polar surface area (TPSA) is 37.4 Å². The van der Waals surface area contributed by atoms with E-state index < -0.39 is 0 Å². The number of rotatable bonds is 5. The van der Waals surface area contributed by atoms with Crippen molar-refractivity contribution >= 4 is 16.5 Å². The lowest BCUT2D eigenvalue weighted by Gasteiger charge is -2.31. The van der Waals surface area contributed by atoms with Crippen LogP contribution in [0.5, 0.6) is 0 Å². The lowest BCUT2D eigenvalue weighted by molar-refractivity contribution is 0.139. The fourth-order valence-corrected chi connectivity index (χ4v) is 3.77. The minimum absolute atomic E-state index is 0.386. The summed E-state index contributed by atoms with van der Waals surface area (Å²) in [5.41, 5.74) is 1.17. The Morgan fingerprint density at radius 1 is 1.47 bits per heavy atom. The quantitative estimate of drug-likeness (QED) is 0.901. The highest BCUT2D eigenvalue weighted by molar-refractivity contribution is 7.15. The molecule has 108 valence electrons. The summed E-state index contributed by atoms with van der Waals surface area (Å²) in [5, 5.41) is 4.48. The average molecular weight is 283 g/mol. The molecule has 1 N–H and O–H groups in total. The van der Waals surface area contributed by atoms with Crippen LogP contribution in [0.25, 0.3) is 0 Å². The Morgan fingerprint density at radius 3 is 2.74 bits per heavy atom. The number of aromatic nitrogens is 1. The van der Waals surface area contributed by atoms with Crippen molar-refractivity contribution in [2.45, 2.75) is 32.7 Å². The molecule has 1 unspecified atom stereocenters. The van der Waals surface area contributed by atoms with Gasteiger partial charge in [0.15, 0.2) is 5.13 Å². The second-order valence-corrected chi connectivity index (χ2v) is 6.35. The van der Waals surface area contributed by atoms with Crippen LogP contribution in [0.2, 0.25) is 0 Å². The predicted molar refractivity (Wildman–Crippen MR) is 81.1 cm³/mol. The van der Waals surface area contributed by atoms with Crippen molar-refractivity contribution < 1.29 is 4.74 Å². The molecule has 1 aliphatic rings. The minimum Gasteiger partial charge on any atom is -0.384 e. The van der Waals surface area contributed by atoms with E-state index >= 15 is 0 Å². The summed E-state index contributed by atoms with van der Waals surface area (Å²) in [6.45, 7) is 7.41. The molecule has 1 fully saturated rings. The van der Waals surface area contributed by atoms with Gasteiger partial charge in [-0.15, -0.1) is 11.3 Å². The molecule has 0 radical (unpaired) electrons. The summed E-state index contributed by atoms with van der Waals surface area (Å²) in [6, 6.07) is 0.386. The number of nitrogens with zero attached hydrogens (tertiary/aromatic N) is 2. The van der Waals surface area contributed by atoms with Gasteiger partial charge in [-0.3, -0.25) is 0 Å². The predicted octanol–water partition coefficient (Wildman–Crippen LogP) is 2.59. The smallest absolute Gasteiger partial charge is 0.185 e. The maximum Gasteiger partial charge on any atom is 0.185 e. The Kier molecular flexibility index (Phi) is 5.19. The fourth-order valence-electron chi connectivity index (χ4n) is 2.59. The fraction of sp³-hybridized carbons (Fsp3) is 0.786. The highest BCUT2D eigenvalue weighted by Gasteiger charge is 2.22. The van der Waals surface area contributed by atoms with Crippen molar-refractivity contribution in [2.75, 3.05) is 38.8 Å². The summed E-state index contributed by atoms with van der Waals surface area (Å²) in [4.78, 5) is 8.53. The highest BCUT2D eigenvalue weighted by atomic mass is 32.1. The van der Waals surface area contributed by atoms with Gasteiger partial charge in [-0.25, -0.2) is 4.98 Å². The first-order chi connectivity index (χ1) is 9.15. The first-order valence-electron chi connectivity index (χ1n) is 7.04. The van der Waals surface area contributed by atoms with Gasteiger partial charge in [0.25, 0.3) is 0 Å². The third kappa shape index (κ3) is 3.46. The zero-order valence-electron chi connectivity index (χ0n) is 12.4. The normalized spacial score (nSPS) is 18.8. The number of methoxy groups -OCH3 is 1. The molecule has 0 bridgehead atoms. The van der Waals surface area contributed by atoms with Crippen LogP contribution >= 0.6 is 11.3 Å². The van der Waals surface area contributed by atoms with E-state index in [0.29, 0.717) is 6.04 Å². The van der Waals surface area contributed by atoms with Crippen LogP contribution in [0.4, 0.5) is 5.13 Å². The highest BCUT2D eigenvalue weighted by Crippen LogP contribution is 2.32. The van der Waals surface area contributed by atoms with Gasteiger partial charge in [-0.05, 0) is 39.7 Å². The van der Waals surface area contributed by atoms with Crippen LogP contribution in [0.3, 0.4) is 0 Å². The number of thiazole rings is 1. The number of nitrogens with one attached hydrogen (secondary N) is 1. The molecule has 4 nitrogen and oxygen atoms in total. The van der Waals surface area contributed by atoms with E-state index in [-0.39, 0.29) is 0 Å². The molecule has 19 heavy (non-hydrogen) atoms. The number of ether oxygens (including phenoxy) is 1. The molecule has 5 heteroatoms. The number of piperidine rings is 1. The number of hydrogen-bond donors (Lipinski definition) is 1. The minimum atomic E-state index is 0.386. The Labute approximate surface area is 120 Å². The molecule has 1 atom stereocenters. The SMILES string of the molecule is CNC(C)c1sc(N2CCC(COC)CC2)nc1C. The summed E-state index contributed by atoms with van der Waals surface area (Å²) in [5.74, 6) is 0.720. The Hall–Kier alpha value is -0.650. The monoisotopic (exact) mass is 283 g/mol. The van der Waals surface area contributed by atoms with Crippen LogP contribution in [0.15, 0.2) is 0 Å². The van der Waals surface area contributed by atoms with Crippen molar-refractivity contribution in [3.05, 3.63) is 10.6 Å². The molecule has 1 aliphatic heterocycles. The molecule has 0 spiro atoms. The van der Waals surface area contributed by atoms with Crippen LogP contribution in [0, 0.1) is 12.8 Å². The van der Waals surface area contributed by atoms with Gasteiger partial charge >= 0.3 is 0 Å². The second kappa shape index (κ2) is 6.68. The van der Waals surface area contributed by atoms with Crippen molar-refractivity contribution in [3.8, 4) is 0 Å². The molecular formula is C14H25N3OS. The molecule has 0 saturated carbocycles. The Balaban J connectivity index is 2.00. The largest absolute Gasteiger partial charge is 0.384 e. The maximum absolute atomic E-state index is 5.25. The van der Waals surface area contributed by atoms with E-state index in [4.69, 9.17) is 9.72 Å². The zero-order chi connectivity index (χ0) is 13.8. The second-order valence-electron chi connectivity index (χ2n) is 5.34. The maximum atomic E-state index is 5.25. The third-order valence-corrected chi connectivity index (χ3v) is 5.34. The third-order valence-electron chi connectivity index (χ3n) is 3.93. The molecule has 2 heterocycles. The molecule has 1 aromatic heterocycles.